The smallest absolute Gasteiger partial charge is 0.191 e. The monoisotopic (exact) mass is 447 g/mol. The summed E-state index contributed by atoms with van der Waals surface area (Å²) in [5.41, 5.74) is 1.36. The van der Waals surface area contributed by atoms with Gasteiger partial charge in [0.15, 0.2) is 5.96 Å². The molecule has 31 heavy (non-hydrogen) atoms. The first kappa shape index (κ1) is 23.5. The molecule has 0 spiro atoms. The Morgan fingerprint density at radius 3 is 2.58 bits per heavy atom. The third-order valence-corrected chi connectivity index (χ3v) is 6.36. The van der Waals surface area contributed by atoms with Crippen LogP contribution in [0.3, 0.4) is 0 Å². The van der Waals surface area contributed by atoms with E-state index in [9.17, 15) is 9.50 Å². The van der Waals surface area contributed by atoms with Gasteiger partial charge in [0, 0.05) is 32.7 Å². The molecule has 0 aliphatic carbocycles. The summed E-state index contributed by atoms with van der Waals surface area (Å²) in [4.78, 5) is 9.07. The molecule has 3 rings (SSSR count). The summed E-state index contributed by atoms with van der Waals surface area (Å²) in [6, 6.07) is 7.31. The molecule has 1 saturated heterocycles. The van der Waals surface area contributed by atoms with Crippen molar-refractivity contribution in [2.24, 2.45) is 4.99 Å². The fourth-order valence-corrected chi connectivity index (χ4v) is 4.43. The average Bonchev–Trinajstić information content (AvgIpc) is 3.32. The van der Waals surface area contributed by atoms with Crippen molar-refractivity contribution < 1.29 is 9.50 Å². The summed E-state index contributed by atoms with van der Waals surface area (Å²) in [5, 5.41) is 21.0. The summed E-state index contributed by atoms with van der Waals surface area (Å²) in [6.45, 7) is 12.0. The lowest BCUT2D eigenvalue weighted by atomic mass is 9.99. The van der Waals surface area contributed by atoms with Crippen molar-refractivity contribution in [1.29, 1.82) is 0 Å². The topological polar surface area (TPSA) is 63.1 Å². The number of aliphatic hydroxyl groups is 1. The highest BCUT2D eigenvalue weighted by Gasteiger charge is 2.24. The maximum Gasteiger partial charge on any atom is 0.191 e. The zero-order chi connectivity index (χ0) is 22.3. The molecule has 0 saturated carbocycles. The molecule has 1 fully saturated rings. The Morgan fingerprint density at radius 1 is 1.19 bits per heavy atom. The summed E-state index contributed by atoms with van der Waals surface area (Å²) in [7, 11) is 0. The molecule has 1 atom stereocenters. The van der Waals surface area contributed by atoms with Crippen LogP contribution in [-0.2, 0) is 12.1 Å². The van der Waals surface area contributed by atoms with Crippen LogP contribution in [-0.4, -0.2) is 61.8 Å². The molecule has 6 nitrogen and oxygen atoms in total. The van der Waals surface area contributed by atoms with Crippen LogP contribution in [0.5, 0.6) is 0 Å². The third-order valence-electron chi connectivity index (χ3n) is 5.68. The summed E-state index contributed by atoms with van der Waals surface area (Å²) < 4.78 is 14.8. The van der Waals surface area contributed by atoms with E-state index in [4.69, 9.17) is 0 Å². The van der Waals surface area contributed by atoms with Crippen molar-refractivity contribution in [2.45, 2.75) is 32.9 Å². The lowest BCUT2D eigenvalue weighted by Gasteiger charge is -2.35. The number of piperazine rings is 1. The maximum atomic E-state index is 14.8. The highest BCUT2D eigenvalue weighted by molar-refractivity contribution is 7.08. The van der Waals surface area contributed by atoms with E-state index in [0.717, 1.165) is 43.9 Å². The van der Waals surface area contributed by atoms with Crippen molar-refractivity contribution in [3.8, 4) is 0 Å². The third kappa shape index (κ3) is 6.41. The molecular formula is C23H34FN5OS. The summed E-state index contributed by atoms with van der Waals surface area (Å²) in [6.07, 6.45) is 0. The fourth-order valence-electron chi connectivity index (χ4n) is 3.65. The molecule has 2 heterocycles. The molecule has 8 heteroatoms. The average molecular weight is 448 g/mol. The fraction of sp³-hybridized carbons (Fsp3) is 0.522. The van der Waals surface area contributed by atoms with Gasteiger partial charge in [-0.05, 0) is 60.5 Å². The molecule has 1 aromatic heterocycles. The number of halogens is 1. The quantitative estimate of drug-likeness (QED) is 0.429. The number of hydrogen-bond donors (Lipinski definition) is 3. The van der Waals surface area contributed by atoms with Crippen molar-refractivity contribution in [3.05, 3.63) is 52.0 Å². The number of likely N-dealkylation sites (N-methyl/N-ethyl adjacent to an activating group) is 1. The first-order valence-corrected chi connectivity index (χ1v) is 11.9. The number of nitrogens with zero attached hydrogens (tertiary/aromatic N) is 3. The van der Waals surface area contributed by atoms with Crippen molar-refractivity contribution in [1.82, 2.24) is 15.5 Å². The second kappa shape index (κ2) is 10.9. The maximum absolute atomic E-state index is 14.8. The van der Waals surface area contributed by atoms with E-state index in [1.807, 2.05) is 35.9 Å². The van der Waals surface area contributed by atoms with E-state index in [1.165, 1.54) is 0 Å². The molecule has 1 aliphatic heterocycles. The van der Waals surface area contributed by atoms with Crippen molar-refractivity contribution >= 4 is 23.0 Å². The van der Waals surface area contributed by atoms with E-state index >= 15 is 0 Å². The molecule has 1 unspecified atom stereocenters. The van der Waals surface area contributed by atoms with Crippen LogP contribution in [0.25, 0.3) is 0 Å². The Bertz CT molecular complexity index is 848. The Labute approximate surface area is 188 Å². The molecule has 170 valence electrons. The predicted octanol–water partition coefficient (Wildman–Crippen LogP) is 2.99. The first-order chi connectivity index (χ1) is 14.9. The van der Waals surface area contributed by atoms with Gasteiger partial charge in [0.25, 0.3) is 0 Å². The van der Waals surface area contributed by atoms with Gasteiger partial charge < -0.3 is 25.5 Å². The number of guanidine groups is 1. The SMILES string of the molecule is CCNC(=NCc1ccc(N2CCN(CC)CC2)c(F)c1)NCC(C)(O)c1ccsc1. The first-order valence-electron chi connectivity index (χ1n) is 11.0. The molecule has 0 radical (unpaired) electrons. The molecule has 3 N–H and O–H groups in total. The number of benzene rings is 1. The van der Waals surface area contributed by atoms with E-state index in [2.05, 4.69) is 32.3 Å². The van der Waals surface area contributed by atoms with E-state index in [0.29, 0.717) is 31.3 Å². The number of rotatable bonds is 8. The van der Waals surface area contributed by atoms with Gasteiger partial charge in [0.05, 0.1) is 18.8 Å². The Balaban J connectivity index is 1.61. The van der Waals surface area contributed by atoms with Gasteiger partial charge in [-0.3, -0.25) is 0 Å². The Hall–Kier alpha value is -2.16. The predicted molar refractivity (Wildman–Crippen MR) is 127 cm³/mol. The van der Waals surface area contributed by atoms with Gasteiger partial charge in [0.2, 0.25) is 0 Å². The Morgan fingerprint density at radius 2 is 1.97 bits per heavy atom. The van der Waals surface area contributed by atoms with Crippen molar-refractivity contribution in [3.63, 3.8) is 0 Å². The number of nitrogens with one attached hydrogen (secondary N) is 2. The van der Waals surface area contributed by atoms with E-state index in [-0.39, 0.29) is 5.82 Å². The minimum atomic E-state index is -0.994. The van der Waals surface area contributed by atoms with Crippen LogP contribution in [0.1, 0.15) is 31.9 Å². The van der Waals surface area contributed by atoms with Crippen LogP contribution >= 0.6 is 11.3 Å². The van der Waals surface area contributed by atoms with Crippen LogP contribution in [0.4, 0.5) is 10.1 Å². The Kier molecular flexibility index (Phi) is 8.28. The van der Waals surface area contributed by atoms with Gasteiger partial charge in [-0.1, -0.05) is 13.0 Å². The van der Waals surface area contributed by atoms with Gasteiger partial charge in [-0.15, -0.1) is 0 Å². The molecule has 2 aromatic rings. The van der Waals surface area contributed by atoms with Gasteiger partial charge >= 0.3 is 0 Å². The number of hydrogen-bond acceptors (Lipinski definition) is 5. The minimum Gasteiger partial charge on any atom is -0.384 e. The second-order valence-corrected chi connectivity index (χ2v) is 8.82. The lowest BCUT2D eigenvalue weighted by molar-refractivity contribution is 0.0621. The zero-order valence-corrected chi connectivity index (χ0v) is 19.5. The van der Waals surface area contributed by atoms with Crippen LogP contribution in [0, 0.1) is 5.82 Å². The van der Waals surface area contributed by atoms with Crippen molar-refractivity contribution in [2.75, 3.05) is 50.7 Å². The molecule has 0 amide bonds. The summed E-state index contributed by atoms with van der Waals surface area (Å²) in [5.74, 6) is 0.397. The highest BCUT2D eigenvalue weighted by atomic mass is 32.1. The number of thiophene rings is 1. The minimum absolute atomic E-state index is 0.198. The molecular weight excluding hydrogens is 413 g/mol. The largest absolute Gasteiger partial charge is 0.384 e. The highest BCUT2D eigenvalue weighted by Crippen LogP contribution is 2.23. The van der Waals surface area contributed by atoms with Crippen LogP contribution in [0.2, 0.25) is 0 Å². The standard InChI is InChI=1S/C23H34FN5OS/c1-4-25-22(27-17-23(3,30)19-8-13-31-16-19)26-15-18-6-7-21(20(24)14-18)29-11-9-28(5-2)10-12-29/h6-8,13-14,16,30H,4-5,9-12,15,17H2,1-3H3,(H2,25,26,27). The zero-order valence-electron chi connectivity index (χ0n) is 18.7. The van der Waals surface area contributed by atoms with E-state index < -0.39 is 5.60 Å². The van der Waals surface area contributed by atoms with Gasteiger partial charge in [-0.2, -0.15) is 11.3 Å². The van der Waals surface area contributed by atoms with Crippen LogP contribution < -0.4 is 15.5 Å². The van der Waals surface area contributed by atoms with Gasteiger partial charge in [0.1, 0.15) is 11.4 Å². The van der Waals surface area contributed by atoms with Crippen LogP contribution in [0.15, 0.2) is 40.0 Å². The number of aliphatic imine (C=N–C) groups is 1. The lowest BCUT2D eigenvalue weighted by Crippen LogP contribution is -2.46. The number of anilines is 1. The van der Waals surface area contributed by atoms with Gasteiger partial charge in [-0.25, -0.2) is 9.38 Å². The second-order valence-electron chi connectivity index (χ2n) is 8.04. The molecule has 1 aliphatic rings. The van der Waals surface area contributed by atoms with E-state index in [1.54, 1.807) is 24.3 Å². The molecule has 0 bridgehead atoms. The summed E-state index contributed by atoms with van der Waals surface area (Å²) >= 11 is 1.56. The normalized spacial score (nSPS) is 17.5. The molecule has 1 aromatic carbocycles.